The molecule has 0 saturated carbocycles. The number of alkyl halides is 1. The average Bonchev–Trinajstić information content (AvgIpc) is 2.73. The van der Waals surface area contributed by atoms with E-state index in [-0.39, 0.29) is 34.6 Å². The molecule has 0 aliphatic heterocycles. The number of halogens is 1. The van der Waals surface area contributed by atoms with Gasteiger partial charge in [0.25, 0.3) is 10.2 Å². The Morgan fingerprint density at radius 1 is 0.970 bits per heavy atom. The minimum Gasteiger partial charge on any atom is -0.478 e. The van der Waals surface area contributed by atoms with Crippen molar-refractivity contribution in [3.8, 4) is 6.07 Å². The molecule has 15 heteroatoms. The molecule has 0 aromatic heterocycles. The maximum atomic E-state index is 10.4. The fraction of sp³-hybridized carbons (Fsp3) is 0.167. The van der Waals surface area contributed by atoms with E-state index < -0.39 is 22.1 Å². The van der Waals surface area contributed by atoms with Crippen LogP contribution in [0.3, 0.4) is 0 Å². The average molecular weight is 624 g/mol. The van der Waals surface area contributed by atoms with Crippen LogP contribution >= 0.6 is 15.9 Å². The van der Waals surface area contributed by atoms with Gasteiger partial charge in [0.05, 0.1) is 17.2 Å². The maximum absolute atomic E-state index is 10.4. The third-order valence-electron chi connectivity index (χ3n) is 2.89. The van der Waals surface area contributed by atoms with Gasteiger partial charge >= 0.3 is 11.9 Å². The molecule has 0 unspecified atom stereocenters. The monoisotopic (exact) mass is 622 g/mol. The molecule has 2 aromatic carbocycles. The molecular formula is C18H18AgBrN3O10. The summed E-state index contributed by atoms with van der Waals surface area (Å²) in [6.07, 6.45) is 0. The van der Waals surface area contributed by atoms with Crippen LogP contribution in [0.15, 0.2) is 48.5 Å². The van der Waals surface area contributed by atoms with E-state index in [2.05, 4.69) is 20.8 Å². The van der Waals surface area contributed by atoms with Crippen LogP contribution in [-0.2, 0) is 39.2 Å². The van der Waals surface area contributed by atoms with E-state index in [0.717, 1.165) is 10.9 Å². The summed E-state index contributed by atoms with van der Waals surface area (Å²) >= 11 is 3.27. The van der Waals surface area contributed by atoms with Gasteiger partial charge < -0.3 is 20.3 Å². The van der Waals surface area contributed by atoms with Crippen molar-refractivity contribution in [1.29, 1.82) is 5.26 Å². The number of hydrogen-bond acceptors (Lipinski definition) is 8. The quantitative estimate of drug-likeness (QED) is 0.183. The van der Waals surface area contributed by atoms with Crippen molar-refractivity contribution >= 4 is 27.9 Å². The fourth-order valence-electron chi connectivity index (χ4n) is 1.61. The summed E-state index contributed by atoms with van der Waals surface area (Å²) in [5.41, 5.74) is 2.09. The zero-order valence-corrected chi connectivity index (χ0v) is 19.8. The molecule has 0 spiro atoms. The Kier molecular flexibility index (Phi) is 21.1. The molecule has 0 fully saturated rings. The van der Waals surface area contributed by atoms with E-state index >= 15 is 0 Å². The molecular weight excluding hydrogens is 606 g/mol. The molecule has 2 aromatic rings. The summed E-state index contributed by atoms with van der Waals surface area (Å²) in [7, 11) is 0. The van der Waals surface area contributed by atoms with Gasteiger partial charge in [0.2, 0.25) is 0 Å². The number of nitrogens with zero attached hydrogens (tertiary/aromatic N) is 3. The first-order valence-electron chi connectivity index (χ1n) is 8.10. The first-order chi connectivity index (χ1) is 15.0. The van der Waals surface area contributed by atoms with Crippen molar-refractivity contribution in [2.45, 2.75) is 18.9 Å². The summed E-state index contributed by atoms with van der Waals surface area (Å²) < 4.78 is 0. The summed E-state index contributed by atoms with van der Waals surface area (Å²) in [4.78, 5) is 43.1. The largest absolute Gasteiger partial charge is 0.478 e. The number of hydrogen-bond donors (Lipinski definition) is 3. The molecule has 0 heterocycles. The molecule has 0 aliphatic carbocycles. The molecule has 13 nitrogen and oxygen atoms in total. The van der Waals surface area contributed by atoms with Gasteiger partial charge in [0.1, 0.15) is 6.61 Å². The van der Waals surface area contributed by atoms with Crippen LogP contribution in [0.2, 0.25) is 0 Å². The van der Waals surface area contributed by atoms with Crippen LogP contribution in [0.25, 0.3) is 0 Å². The molecule has 2 rings (SSSR count). The number of carboxylic acids is 2. The third-order valence-corrected chi connectivity index (χ3v) is 3.54. The van der Waals surface area contributed by atoms with Gasteiger partial charge in [-0.05, 0) is 35.4 Å². The predicted octanol–water partition coefficient (Wildman–Crippen LogP) is 3.55. The van der Waals surface area contributed by atoms with Gasteiger partial charge in [-0.3, -0.25) is 0 Å². The van der Waals surface area contributed by atoms with Crippen molar-refractivity contribution in [3.63, 3.8) is 0 Å². The first kappa shape index (κ1) is 34.1. The number of carboxylic acid groups (broad SMARTS) is 2. The second kappa shape index (κ2) is 20.4. The first-order valence-corrected chi connectivity index (χ1v) is 9.22. The van der Waals surface area contributed by atoms with Crippen molar-refractivity contribution in [2.75, 3.05) is 0 Å². The van der Waals surface area contributed by atoms with Crippen molar-refractivity contribution in [2.24, 2.45) is 0 Å². The van der Waals surface area contributed by atoms with E-state index in [1.54, 1.807) is 30.3 Å². The molecule has 0 saturated heterocycles. The summed E-state index contributed by atoms with van der Waals surface area (Å²) in [6, 6.07) is 14.2. The van der Waals surface area contributed by atoms with Gasteiger partial charge in [0, 0.05) is 34.6 Å². The second-order valence-corrected chi connectivity index (χ2v) is 5.66. The van der Waals surface area contributed by atoms with Crippen LogP contribution in [0.4, 0.5) is 0 Å². The Morgan fingerprint density at radius 3 is 1.52 bits per heavy atom. The molecule has 0 amide bonds. The number of aromatic carboxylic acids is 2. The van der Waals surface area contributed by atoms with E-state index in [1.165, 1.54) is 31.2 Å². The van der Waals surface area contributed by atoms with Gasteiger partial charge in [-0.15, -0.1) is 20.2 Å². The maximum Gasteiger partial charge on any atom is 0.335 e. The molecule has 3 N–H and O–H groups in total. The normalized spacial score (nSPS) is 8.15. The summed E-state index contributed by atoms with van der Waals surface area (Å²) in [5.74, 6) is -1.92. The van der Waals surface area contributed by atoms with Gasteiger partial charge in [-0.25, -0.2) is 9.59 Å². The van der Waals surface area contributed by atoms with Gasteiger partial charge in [-0.1, -0.05) is 40.2 Å². The molecule has 183 valence electrons. The SMILES string of the molecule is CC#N.O=C(O)c1ccc(CBr)cc1.O=C(O)c1ccc(CO[N+](=O)[O-])cc1.O=[N+]([O-])O.[Ag]. The van der Waals surface area contributed by atoms with Crippen molar-refractivity contribution in [1.82, 2.24) is 0 Å². The Hall–Kier alpha value is -3.51. The van der Waals surface area contributed by atoms with Crippen LogP contribution in [0.5, 0.6) is 0 Å². The van der Waals surface area contributed by atoms with Crippen LogP contribution < -0.4 is 0 Å². The minimum absolute atomic E-state index is 0. The fourth-order valence-corrected chi connectivity index (χ4v) is 1.98. The van der Waals surface area contributed by atoms with Crippen LogP contribution in [-0.4, -0.2) is 37.5 Å². The Morgan fingerprint density at radius 2 is 1.27 bits per heavy atom. The van der Waals surface area contributed by atoms with E-state index in [4.69, 9.17) is 30.8 Å². The van der Waals surface area contributed by atoms with Crippen LogP contribution in [0, 0.1) is 31.6 Å². The summed E-state index contributed by atoms with van der Waals surface area (Å²) in [5, 5.41) is 47.7. The zero-order valence-electron chi connectivity index (χ0n) is 16.8. The topological polar surface area (TPSA) is 214 Å². The number of nitriles is 1. The number of carbonyl (C=O) groups is 2. The predicted molar refractivity (Wildman–Crippen MR) is 111 cm³/mol. The summed E-state index contributed by atoms with van der Waals surface area (Å²) in [6.45, 7) is 1.26. The van der Waals surface area contributed by atoms with E-state index in [0.29, 0.717) is 11.1 Å². The third kappa shape index (κ3) is 20.2. The number of benzene rings is 2. The number of rotatable bonds is 6. The zero-order chi connectivity index (χ0) is 25.1. The Balaban J connectivity index is -0.000000422. The Labute approximate surface area is 211 Å². The van der Waals surface area contributed by atoms with Crippen LogP contribution in [0.1, 0.15) is 38.8 Å². The molecule has 33 heavy (non-hydrogen) atoms. The molecule has 0 aliphatic rings. The minimum atomic E-state index is -1.50. The molecule has 0 atom stereocenters. The smallest absolute Gasteiger partial charge is 0.335 e. The van der Waals surface area contributed by atoms with E-state index in [9.17, 15) is 19.7 Å². The van der Waals surface area contributed by atoms with Gasteiger partial charge in [-0.2, -0.15) is 5.26 Å². The van der Waals surface area contributed by atoms with Crippen molar-refractivity contribution in [3.05, 3.63) is 91.0 Å². The second-order valence-electron chi connectivity index (χ2n) is 5.10. The molecule has 1 radical (unpaired) electrons. The van der Waals surface area contributed by atoms with Gasteiger partial charge in [0.15, 0.2) is 0 Å². The molecule has 0 bridgehead atoms. The van der Waals surface area contributed by atoms with Crippen molar-refractivity contribution < 1.29 is 62.4 Å². The Bertz CT molecular complexity index is 915. The standard InChI is InChI=1S/C8H7BrO2.C8H7NO5.C2H3N.Ag.HNO3/c9-5-6-1-3-7(4-2-6)8(10)11;10-8(11)7-3-1-6(2-4-7)5-14-9(12)13;1-2-3;;2-1(3)4/h1-4H,5H2,(H,10,11);1-4H,5H2,(H,10,11);1H3;;(H,2,3,4). The van der Waals surface area contributed by atoms with E-state index in [1.807, 2.05) is 0 Å².